The molecule has 5 rings (SSSR count). The summed E-state index contributed by atoms with van der Waals surface area (Å²) in [5.41, 5.74) is 3.18. The van der Waals surface area contributed by atoms with Crippen molar-refractivity contribution in [1.29, 1.82) is 0 Å². The Morgan fingerprint density at radius 1 is 1.12 bits per heavy atom. The maximum atomic E-state index is 13.4. The Morgan fingerprint density at radius 3 is 2.62 bits per heavy atom. The summed E-state index contributed by atoms with van der Waals surface area (Å²) in [4.78, 5) is 32.8. The van der Waals surface area contributed by atoms with Crippen molar-refractivity contribution in [3.05, 3.63) is 88.0 Å². The fourth-order valence-electron chi connectivity index (χ4n) is 4.61. The van der Waals surface area contributed by atoms with Crippen molar-refractivity contribution >= 4 is 11.7 Å². The maximum Gasteiger partial charge on any atom is 0.297 e. The molecule has 1 atom stereocenters. The number of nitrogens with zero attached hydrogens (tertiary/aromatic N) is 3. The van der Waals surface area contributed by atoms with Gasteiger partial charge in [-0.1, -0.05) is 36.4 Å². The molecule has 2 aromatic carbocycles. The van der Waals surface area contributed by atoms with Crippen molar-refractivity contribution in [2.75, 3.05) is 25.0 Å². The minimum atomic E-state index is -0.224. The molecule has 176 valence electrons. The number of carbonyl (C=O) groups is 1. The van der Waals surface area contributed by atoms with E-state index >= 15 is 0 Å². The molecule has 0 spiro atoms. The summed E-state index contributed by atoms with van der Waals surface area (Å²) in [6.45, 7) is 4.65. The molecule has 1 aliphatic heterocycles. The Labute approximate surface area is 199 Å². The van der Waals surface area contributed by atoms with E-state index in [1.807, 2.05) is 25.1 Å². The van der Waals surface area contributed by atoms with E-state index in [-0.39, 0.29) is 23.6 Å². The second-order valence-corrected chi connectivity index (χ2v) is 9.25. The molecular weight excluding hydrogens is 426 g/mol. The van der Waals surface area contributed by atoms with Gasteiger partial charge in [0.15, 0.2) is 5.82 Å². The van der Waals surface area contributed by atoms with Crippen LogP contribution < -0.4 is 16.2 Å². The number of aromatic nitrogens is 2. The lowest BCUT2D eigenvalue weighted by Crippen LogP contribution is -2.33. The Bertz CT molecular complexity index is 1210. The second-order valence-electron chi connectivity index (χ2n) is 9.25. The second kappa shape index (κ2) is 9.81. The maximum absolute atomic E-state index is 13.4. The fourth-order valence-corrected chi connectivity index (χ4v) is 4.61. The molecule has 7 heteroatoms. The van der Waals surface area contributed by atoms with Gasteiger partial charge in [0, 0.05) is 30.5 Å². The quantitative estimate of drug-likeness (QED) is 0.540. The van der Waals surface area contributed by atoms with Gasteiger partial charge in [-0.15, -0.1) is 0 Å². The minimum absolute atomic E-state index is 0.0967. The van der Waals surface area contributed by atoms with Crippen LogP contribution in [-0.2, 0) is 0 Å². The highest BCUT2D eigenvalue weighted by Gasteiger charge is 2.25. The summed E-state index contributed by atoms with van der Waals surface area (Å²) >= 11 is 0. The number of anilines is 1. The third-order valence-electron chi connectivity index (χ3n) is 6.71. The summed E-state index contributed by atoms with van der Waals surface area (Å²) in [7, 11) is 0. The molecule has 0 radical (unpaired) electrons. The molecular formula is C27H31N5O2. The summed E-state index contributed by atoms with van der Waals surface area (Å²) in [6, 6.07) is 16.4. The zero-order chi connectivity index (χ0) is 23.5. The average molecular weight is 458 g/mol. The minimum Gasteiger partial charge on any atom is -0.364 e. The number of nitrogens with one attached hydrogen (secondary N) is 2. The van der Waals surface area contributed by atoms with Crippen molar-refractivity contribution in [2.24, 2.45) is 0 Å². The summed E-state index contributed by atoms with van der Waals surface area (Å²) in [5, 5.41) is 6.34. The monoisotopic (exact) mass is 457 g/mol. The van der Waals surface area contributed by atoms with Crippen LogP contribution in [0.3, 0.4) is 0 Å². The van der Waals surface area contributed by atoms with E-state index in [1.165, 1.54) is 18.4 Å². The highest BCUT2D eigenvalue weighted by atomic mass is 16.2. The van der Waals surface area contributed by atoms with Gasteiger partial charge in [-0.2, -0.15) is 0 Å². The predicted octanol–water partition coefficient (Wildman–Crippen LogP) is 3.68. The lowest BCUT2D eigenvalue weighted by atomic mass is 10.1. The predicted molar refractivity (Wildman–Crippen MR) is 134 cm³/mol. The van der Waals surface area contributed by atoms with Gasteiger partial charge >= 0.3 is 0 Å². The van der Waals surface area contributed by atoms with E-state index in [9.17, 15) is 9.59 Å². The number of carbonyl (C=O) groups excluding carboxylic acids is 1. The molecule has 2 aliphatic rings. The fraction of sp³-hybridized carbons (Fsp3) is 0.370. The first-order valence-corrected chi connectivity index (χ1v) is 12.1. The smallest absolute Gasteiger partial charge is 0.297 e. The Kier molecular flexibility index (Phi) is 6.45. The highest BCUT2D eigenvalue weighted by molar-refractivity contribution is 5.95. The molecule has 2 N–H and O–H groups in total. The normalized spacial score (nSPS) is 16.9. The van der Waals surface area contributed by atoms with Crippen molar-refractivity contribution in [3.8, 4) is 5.69 Å². The standard InChI is InChI=1S/C27H31N5O2/c1-19-9-10-21(26(33)30-22-11-12-22)17-23(19)32-16-13-28-25(27(32)34)29-18-24(31-14-5-6-15-31)20-7-3-2-4-8-20/h2-4,7-10,13,16-17,22,24H,5-6,11-12,14-15,18H2,1H3,(H,28,29)(H,30,33). The molecule has 0 bridgehead atoms. The number of benzene rings is 2. The molecule has 34 heavy (non-hydrogen) atoms. The van der Waals surface area contributed by atoms with Gasteiger partial charge in [0.05, 0.1) is 11.7 Å². The zero-order valence-electron chi connectivity index (χ0n) is 19.5. The van der Waals surface area contributed by atoms with Gasteiger partial charge in [0.1, 0.15) is 0 Å². The third-order valence-corrected chi connectivity index (χ3v) is 6.71. The first kappa shape index (κ1) is 22.3. The van der Waals surface area contributed by atoms with Crippen LogP contribution in [0.2, 0.25) is 0 Å². The van der Waals surface area contributed by atoms with E-state index in [4.69, 9.17) is 0 Å². The van der Waals surface area contributed by atoms with Crippen LogP contribution >= 0.6 is 0 Å². The molecule has 2 heterocycles. The number of hydrogen-bond acceptors (Lipinski definition) is 5. The zero-order valence-corrected chi connectivity index (χ0v) is 19.5. The lowest BCUT2D eigenvalue weighted by molar-refractivity contribution is 0.0951. The molecule has 1 unspecified atom stereocenters. The van der Waals surface area contributed by atoms with E-state index in [1.54, 1.807) is 23.0 Å². The van der Waals surface area contributed by atoms with Crippen LogP contribution in [0.1, 0.15) is 53.2 Å². The van der Waals surface area contributed by atoms with Gasteiger partial charge < -0.3 is 10.6 Å². The molecule has 1 saturated heterocycles. The lowest BCUT2D eigenvalue weighted by Gasteiger charge is -2.28. The molecule has 1 aliphatic carbocycles. The Balaban J connectivity index is 1.39. The largest absolute Gasteiger partial charge is 0.364 e. The van der Waals surface area contributed by atoms with Gasteiger partial charge in [-0.05, 0) is 69.0 Å². The van der Waals surface area contributed by atoms with E-state index in [2.05, 4.69) is 44.8 Å². The molecule has 7 nitrogen and oxygen atoms in total. The number of aryl methyl sites for hydroxylation is 1. The SMILES string of the molecule is Cc1ccc(C(=O)NC2CC2)cc1-n1ccnc(NCC(c2ccccc2)N2CCCC2)c1=O. The third kappa shape index (κ3) is 4.89. The van der Waals surface area contributed by atoms with Crippen molar-refractivity contribution in [1.82, 2.24) is 19.8 Å². The van der Waals surface area contributed by atoms with Gasteiger partial charge in [0.25, 0.3) is 11.5 Å². The van der Waals surface area contributed by atoms with E-state index < -0.39 is 0 Å². The number of hydrogen-bond donors (Lipinski definition) is 2. The highest BCUT2D eigenvalue weighted by Crippen LogP contribution is 2.25. The Morgan fingerprint density at radius 2 is 1.88 bits per heavy atom. The summed E-state index contributed by atoms with van der Waals surface area (Å²) in [6.07, 6.45) is 7.75. The van der Waals surface area contributed by atoms with Crippen LogP contribution in [0.5, 0.6) is 0 Å². The van der Waals surface area contributed by atoms with Crippen LogP contribution in [0.15, 0.2) is 65.7 Å². The molecule has 2 fully saturated rings. The van der Waals surface area contributed by atoms with Crippen molar-refractivity contribution in [3.63, 3.8) is 0 Å². The van der Waals surface area contributed by atoms with Gasteiger partial charge in [-0.25, -0.2) is 4.98 Å². The summed E-state index contributed by atoms with van der Waals surface area (Å²) in [5.74, 6) is 0.218. The van der Waals surface area contributed by atoms with Crippen molar-refractivity contribution in [2.45, 2.75) is 44.7 Å². The molecule has 3 aromatic rings. The van der Waals surface area contributed by atoms with Crippen molar-refractivity contribution < 1.29 is 4.79 Å². The van der Waals surface area contributed by atoms with Crippen LogP contribution in [0, 0.1) is 6.92 Å². The number of rotatable bonds is 8. The van der Waals surface area contributed by atoms with E-state index in [0.717, 1.165) is 31.5 Å². The van der Waals surface area contributed by atoms with E-state index in [0.29, 0.717) is 23.6 Å². The average Bonchev–Trinajstić information content (AvgIpc) is 3.50. The molecule has 1 amide bonds. The van der Waals surface area contributed by atoms with Crippen LogP contribution in [0.25, 0.3) is 5.69 Å². The topological polar surface area (TPSA) is 79.3 Å². The first-order chi connectivity index (χ1) is 16.6. The summed E-state index contributed by atoms with van der Waals surface area (Å²) < 4.78 is 1.58. The number of amides is 1. The number of likely N-dealkylation sites (tertiary alicyclic amines) is 1. The Hall–Kier alpha value is -3.45. The molecule has 1 saturated carbocycles. The van der Waals surface area contributed by atoms with Crippen LogP contribution in [0.4, 0.5) is 5.82 Å². The first-order valence-electron chi connectivity index (χ1n) is 12.1. The van der Waals surface area contributed by atoms with Gasteiger partial charge in [0.2, 0.25) is 0 Å². The van der Waals surface area contributed by atoms with Crippen LogP contribution in [-0.4, -0.2) is 46.0 Å². The molecule has 1 aromatic heterocycles. The van der Waals surface area contributed by atoms with Gasteiger partial charge in [-0.3, -0.25) is 19.1 Å².